The van der Waals surface area contributed by atoms with Gasteiger partial charge in [0.15, 0.2) is 0 Å². The highest BCUT2D eigenvalue weighted by atomic mass is 19.1. The van der Waals surface area contributed by atoms with E-state index in [0.29, 0.717) is 23.9 Å². The third-order valence-electron chi connectivity index (χ3n) is 5.94. The number of H-pyrrole nitrogens is 1. The van der Waals surface area contributed by atoms with E-state index in [-0.39, 0.29) is 23.5 Å². The molecule has 0 saturated carbocycles. The second-order valence-corrected chi connectivity index (χ2v) is 7.79. The highest BCUT2D eigenvalue weighted by Gasteiger charge is 2.28. The largest absolute Gasteiger partial charge is 0.506 e. The Hall–Kier alpha value is -3.61. The highest BCUT2D eigenvalue weighted by Crippen LogP contribution is 2.35. The van der Waals surface area contributed by atoms with E-state index in [9.17, 15) is 19.1 Å². The predicted molar refractivity (Wildman–Crippen MR) is 112 cm³/mol. The molecule has 5 rings (SSSR count). The summed E-state index contributed by atoms with van der Waals surface area (Å²) < 4.78 is 15.6. The van der Waals surface area contributed by atoms with Gasteiger partial charge in [-0.3, -0.25) is 9.59 Å². The van der Waals surface area contributed by atoms with Gasteiger partial charge in [0.25, 0.3) is 11.5 Å². The number of fused-ring (bicyclic) bond motifs is 1. The Morgan fingerprint density at radius 3 is 2.97 bits per heavy atom. The van der Waals surface area contributed by atoms with E-state index in [1.807, 2.05) is 37.4 Å². The summed E-state index contributed by atoms with van der Waals surface area (Å²) in [4.78, 5) is 29.3. The summed E-state index contributed by atoms with van der Waals surface area (Å²) in [5.74, 6) is -1.66. The highest BCUT2D eigenvalue weighted by molar-refractivity contribution is 6.03. The number of nitrogens with one attached hydrogen (secondary N) is 2. The summed E-state index contributed by atoms with van der Waals surface area (Å²) in [6.45, 7) is 2.08. The molecule has 1 aliphatic heterocycles. The normalized spacial score (nSPS) is 15.6. The van der Waals surface area contributed by atoms with Crippen LogP contribution in [0.15, 0.2) is 47.4 Å². The van der Waals surface area contributed by atoms with Gasteiger partial charge >= 0.3 is 0 Å². The molecule has 3 N–H and O–H groups in total. The second-order valence-electron chi connectivity index (χ2n) is 7.79. The number of aromatic amines is 1. The van der Waals surface area contributed by atoms with Crippen LogP contribution < -0.4 is 10.9 Å². The Morgan fingerprint density at radius 1 is 1.30 bits per heavy atom. The van der Waals surface area contributed by atoms with Crippen molar-refractivity contribution in [1.82, 2.24) is 14.9 Å². The summed E-state index contributed by atoms with van der Waals surface area (Å²) >= 11 is 0. The third-order valence-corrected chi connectivity index (χ3v) is 5.94. The molecule has 6 nitrogen and oxygen atoms in total. The molecular weight excluding hydrogens is 385 g/mol. The number of carbonyl (C=O) groups is 1. The van der Waals surface area contributed by atoms with E-state index in [4.69, 9.17) is 0 Å². The minimum Gasteiger partial charge on any atom is -0.506 e. The van der Waals surface area contributed by atoms with Gasteiger partial charge in [-0.2, -0.15) is 0 Å². The molecule has 3 heterocycles. The van der Waals surface area contributed by atoms with E-state index >= 15 is 0 Å². The van der Waals surface area contributed by atoms with Crippen molar-refractivity contribution in [3.63, 3.8) is 0 Å². The molecule has 1 amide bonds. The van der Waals surface area contributed by atoms with E-state index in [1.54, 1.807) is 0 Å². The van der Waals surface area contributed by atoms with Crippen LogP contribution in [-0.2, 0) is 13.0 Å². The molecule has 0 bridgehead atoms. The number of hydrogen-bond acceptors (Lipinski definition) is 3. The van der Waals surface area contributed by atoms with Crippen LogP contribution in [0.2, 0.25) is 0 Å². The van der Waals surface area contributed by atoms with Crippen molar-refractivity contribution in [2.75, 3.05) is 0 Å². The summed E-state index contributed by atoms with van der Waals surface area (Å²) in [6.07, 6.45) is 3.09. The minimum atomic E-state index is -0.681. The van der Waals surface area contributed by atoms with Crippen molar-refractivity contribution in [3.05, 3.63) is 75.5 Å². The maximum Gasteiger partial charge on any atom is 0.267 e. The maximum absolute atomic E-state index is 14.1. The minimum absolute atomic E-state index is 0.154. The van der Waals surface area contributed by atoms with Crippen molar-refractivity contribution in [2.24, 2.45) is 0 Å². The van der Waals surface area contributed by atoms with Crippen LogP contribution in [0.25, 0.3) is 21.8 Å². The zero-order valence-corrected chi connectivity index (χ0v) is 16.3. The van der Waals surface area contributed by atoms with Crippen LogP contribution in [0.4, 0.5) is 4.39 Å². The topological polar surface area (TPSA) is 87.1 Å². The van der Waals surface area contributed by atoms with Crippen LogP contribution in [0.1, 0.15) is 40.9 Å². The Balaban J connectivity index is 1.60. The standard InChI is InChI=1S/C23H20FN3O3/c1-12-5-6-13-9-15(24)10-17-20(13)27(12)23(30)19(21(17)28)22(29)26-11-14-3-2-4-18-16(14)7-8-25-18/h2-4,7-10,12,25,28H,5-6,11H2,1H3,(H,26,29). The van der Waals surface area contributed by atoms with Gasteiger partial charge in [-0.15, -0.1) is 0 Å². The molecule has 0 saturated heterocycles. The average molecular weight is 405 g/mol. The lowest BCUT2D eigenvalue weighted by atomic mass is 9.95. The number of nitrogens with zero attached hydrogens (tertiary/aromatic N) is 1. The van der Waals surface area contributed by atoms with Crippen molar-refractivity contribution < 1.29 is 14.3 Å². The van der Waals surface area contributed by atoms with Gasteiger partial charge in [-0.05, 0) is 55.2 Å². The molecule has 0 fully saturated rings. The molecular formula is C23H20FN3O3. The Labute approximate surface area is 171 Å². The first-order valence-electron chi connectivity index (χ1n) is 9.88. The quantitative estimate of drug-likeness (QED) is 0.485. The van der Waals surface area contributed by atoms with Crippen molar-refractivity contribution >= 4 is 27.7 Å². The number of aryl methyl sites for hydroxylation is 1. The monoisotopic (exact) mass is 405 g/mol. The fourth-order valence-electron chi connectivity index (χ4n) is 4.46. The molecule has 30 heavy (non-hydrogen) atoms. The van der Waals surface area contributed by atoms with Gasteiger partial charge in [0, 0.05) is 35.1 Å². The van der Waals surface area contributed by atoms with Crippen LogP contribution >= 0.6 is 0 Å². The Morgan fingerprint density at radius 2 is 2.13 bits per heavy atom. The fraction of sp³-hybridized carbons (Fsp3) is 0.217. The lowest BCUT2D eigenvalue weighted by molar-refractivity contribution is 0.0946. The number of pyridine rings is 1. The number of hydrogen-bond donors (Lipinski definition) is 3. The van der Waals surface area contributed by atoms with Gasteiger partial charge in [-0.25, -0.2) is 4.39 Å². The van der Waals surface area contributed by atoms with Gasteiger partial charge < -0.3 is 20.0 Å². The molecule has 1 aliphatic rings. The molecule has 7 heteroatoms. The zero-order chi connectivity index (χ0) is 21.0. The number of halogens is 1. The van der Waals surface area contributed by atoms with E-state index < -0.39 is 23.0 Å². The molecule has 152 valence electrons. The summed E-state index contributed by atoms with van der Waals surface area (Å²) in [6, 6.07) is 10.0. The SMILES string of the molecule is CC1CCc2cc(F)cc3c(O)c(C(=O)NCc4cccc5[nH]ccc45)c(=O)n1c23. The van der Waals surface area contributed by atoms with Crippen LogP contribution in [0, 0.1) is 5.82 Å². The molecule has 4 aromatic rings. The molecule has 1 atom stereocenters. The number of aromatic hydroxyl groups is 1. The van der Waals surface area contributed by atoms with Gasteiger partial charge in [-0.1, -0.05) is 12.1 Å². The zero-order valence-electron chi connectivity index (χ0n) is 16.3. The van der Waals surface area contributed by atoms with Gasteiger partial charge in [0.2, 0.25) is 0 Å². The van der Waals surface area contributed by atoms with Crippen LogP contribution in [0.5, 0.6) is 5.75 Å². The van der Waals surface area contributed by atoms with E-state index in [1.165, 1.54) is 16.7 Å². The van der Waals surface area contributed by atoms with Crippen molar-refractivity contribution in [3.8, 4) is 5.75 Å². The summed E-state index contributed by atoms with van der Waals surface area (Å²) in [5.41, 5.74) is 2.08. The Kier molecular flexibility index (Phi) is 4.13. The summed E-state index contributed by atoms with van der Waals surface area (Å²) in [7, 11) is 0. The third kappa shape index (κ3) is 2.69. The molecule has 0 aliphatic carbocycles. The number of benzene rings is 2. The number of rotatable bonds is 3. The average Bonchev–Trinajstić information content (AvgIpc) is 3.20. The first-order valence-corrected chi connectivity index (χ1v) is 9.88. The molecule has 1 unspecified atom stereocenters. The fourth-order valence-corrected chi connectivity index (χ4v) is 4.46. The van der Waals surface area contributed by atoms with Crippen LogP contribution in [-0.4, -0.2) is 20.6 Å². The lowest BCUT2D eigenvalue weighted by Crippen LogP contribution is -2.36. The number of aromatic nitrogens is 2. The van der Waals surface area contributed by atoms with Crippen LogP contribution in [0.3, 0.4) is 0 Å². The van der Waals surface area contributed by atoms with Gasteiger partial charge in [0.1, 0.15) is 17.1 Å². The number of amides is 1. The number of carbonyl (C=O) groups excluding carboxylic acids is 1. The molecule has 2 aromatic carbocycles. The van der Waals surface area contributed by atoms with E-state index in [0.717, 1.165) is 16.5 Å². The maximum atomic E-state index is 14.1. The molecule has 0 radical (unpaired) electrons. The summed E-state index contributed by atoms with van der Waals surface area (Å²) in [5, 5.41) is 14.7. The first-order chi connectivity index (χ1) is 14.5. The van der Waals surface area contributed by atoms with Crippen molar-refractivity contribution in [2.45, 2.75) is 32.4 Å². The Bertz CT molecular complexity index is 1390. The first kappa shape index (κ1) is 18.4. The smallest absolute Gasteiger partial charge is 0.267 e. The molecule has 0 spiro atoms. The molecule has 2 aromatic heterocycles. The van der Waals surface area contributed by atoms with E-state index in [2.05, 4.69) is 10.3 Å². The second kappa shape index (κ2) is 6.73. The van der Waals surface area contributed by atoms with Crippen molar-refractivity contribution in [1.29, 1.82) is 0 Å². The predicted octanol–water partition coefficient (Wildman–Crippen LogP) is 3.76. The lowest BCUT2D eigenvalue weighted by Gasteiger charge is -2.26. The van der Waals surface area contributed by atoms with Gasteiger partial charge in [0.05, 0.1) is 5.52 Å².